The van der Waals surface area contributed by atoms with Crippen molar-refractivity contribution in [2.45, 2.75) is 51.6 Å². The molecule has 3 rings (SSSR count). The third-order valence-electron chi connectivity index (χ3n) is 5.21. The van der Waals surface area contributed by atoms with Gasteiger partial charge in [-0.05, 0) is 55.7 Å². The number of carbonyl (C=O) groups is 1. The summed E-state index contributed by atoms with van der Waals surface area (Å²) < 4.78 is 5.07. The van der Waals surface area contributed by atoms with Crippen molar-refractivity contribution < 1.29 is 9.53 Å². The predicted octanol–water partition coefficient (Wildman–Crippen LogP) is 2.46. The van der Waals surface area contributed by atoms with E-state index in [1.54, 1.807) is 11.9 Å². The molecule has 0 bridgehead atoms. The number of nitrogens with one attached hydrogen (secondary N) is 2. The molecular formula is C20H30N4O2. The topological polar surface area (TPSA) is 66.0 Å². The Labute approximate surface area is 156 Å². The Kier molecular flexibility index (Phi) is 6.36. The molecule has 2 N–H and O–H groups in total. The van der Waals surface area contributed by atoms with Crippen molar-refractivity contribution in [1.82, 2.24) is 15.5 Å². The number of rotatable bonds is 4. The Morgan fingerprint density at radius 3 is 2.77 bits per heavy atom. The Morgan fingerprint density at radius 1 is 1.27 bits per heavy atom. The van der Waals surface area contributed by atoms with E-state index in [2.05, 4.69) is 33.8 Å². The molecule has 0 unspecified atom stereocenters. The van der Waals surface area contributed by atoms with E-state index in [0.29, 0.717) is 12.6 Å². The number of likely N-dealkylation sites (tertiary alicyclic amines) is 1. The molecule has 1 saturated heterocycles. The third-order valence-corrected chi connectivity index (χ3v) is 5.21. The lowest BCUT2D eigenvalue weighted by atomic mass is 10.1. The highest BCUT2D eigenvalue weighted by Crippen LogP contribution is 2.22. The van der Waals surface area contributed by atoms with E-state index >= 15 is 0 Å². The van der Waals surface area contributed by atoms with E-state index in [0.717, 1.165) is 38.4 Å². The minimum absolute atomic E-state index is 0.204. The zero-order chi connectivity index (χ0) is 18.4. The SMILES string of the molecule is CCOC(=O)N1CCC(NC(=NC)NCc2ccc3c(c2)CCC3)CC1. The Balaban J connectivity index is 1.45. The molecule has 1 aromatic rings. The van der Waals surface area contributed by atoms with Crippen molar-refractivity contribution in [3.8, 4) is 0 Å². The molecule has 1 aliphatic heterocycles. The second-order valence-electron chi connectivity index (χ2n) is 6.99. The fourth-order valence-electron chi connectivity index (χ4n) is 3.73. The maximum atomic E-state index is 11.8. The molecule has 2 aliphatic rings. The van der Waals surface area contributed by atoms with Gasteiger partial charge in [0.25, 0.3) is 0 Å². The van der Waals surface area contributed by atoms with Crippen LogP contribution in [0.4, 0.5) is 4.79 Å². The summed E-state index contributed by atoms with van der Waals surface area (Å²) in [5.74, 6) is 0.820. The molecule has 142 valence electrons. The van der Waals surface area contributed by atoms with Crippen LogP contribution >= 0.6 is 0 Å². The number of amides is 1. The molecule has 6 heteroatoms. The minimum atomic E-state index is -0.204. The van der Waals surface area contributed by atoms with Gasteiger partial charge in [0.05, 0.1) is 6.61 Å². The summed E-state index contributed by atoms with van der Waals surface area (Å²) in [6.45, 7) is 4.48. The summed E-state index contributed by atoms with van der Waals surface area (Å²) in [6.07, 6.45) is 5.30. The summed E-state index contributed by atoms with van der Waals surface area (Å²) in [5.41, 5.74) is 4.30. The number of nitrogens with zero attached hydrogens (tertiary/aromatic N) is 2. The number of carbonyl (C=O) groups excluding carboxylic acids is 1. The van der Waals surface area contributed by atoms with Crippen LogP contribution in [-0.4, -0.2) is 49.7 Å². The van der Waals surface area contributed by atoms with E-state index < -0.39 is 0 Å². The Bertz CT molecular complexity index is 651. The van der Waals surface area contributed by atoms with Gasteiger partial charge in [-0.2, -0.15) is 0 Å². The van der Waals surface area contributed by atoms with Crippen LogP contribution in [0.5, 0.6) is 0 Å². The lowest BCUT2D eigenvalue weighted by molar-refractivity contribution is 0.0963. The van der Waals surface area contributed by atoms with E-state index in [1.807, 2.05) is 6.92 Å². The summed E-state index contributed by atoms with van der Waals surface area (Å²) in [5, 5.41) is 6.89. The minimum Gasteiger partial charge on any atom is -0.450 e. The predicted molar refractivity (Wildman–Crippen MR) is 103 cm³/mol. The average molecular weight is 358 g/mol. The number of piperidine rings is 1. The largest absolute Gasteiger partial charge is 0.450 e. The van der Waals surface area contributed by atoms with Crippen LogP contribution in [0.1, 0.15) is 42.9 Å². The molecule has 1 amide bonds. The molecule has 6 nitrogen and oxygen atoms in total. The number of benzene rings is 1. The summed E-state index contributed by atoms with van der Waals surface area (Å²) in [6, 6.07) is 7.12. The van der Waals surface area contributed by atoms with Crippen molar-refractivity contribution in [2.24, 2.45) is 4.99 Å². The van der Waals surface area contributed by atoms with Gasteiger partial charge in [0.2, 0.25) is 0 Å². The van der Waals surface area contributed by atoms with Crippen molar-refractivity contribution >= 4 is 12.1 Å². The van der Waals surface area contributed by atoms with E-state index in [-0.39, 0.29) is 6.09 Å². The van der Waals surface area contributed by atoms with Crippen molar-refractivity contribution in [3.05, 3.63) is 34.9 Å². The van der Waals surface area contributed by atoms with Gasteiger partial charge >= 0.3 is 6.09 Å². The van der Waals surface area contributed by atoms with Crippen molar-refractivity contribution in [2.75, 3.05) is 26.7 Å². The quantitative estimate of drug-likeness (QED) is 0.641. The number of aryl methyl sites for hydroxylation is 2. The highest BCUT2D eigenvalue weighted by atomic mass is 16.6. The van der Waals surface area contributed by atoms with E-state index in [9.17, 15) is 4.79 Å². The van der Waals surface area contributed by atoms with Gasteiger partial charge in [-0.25, -0.2) is 4.79 Å². The van der Waals surface area contributed by atoms with Crippen LogP contribution in [-0.2, 0) is 24.1 Å². The van der Waals surface area contributed by atoms with Gasteiger partial charge in [0, 0.05) is 32.7 Å². The standard InChI is InChI=1S/C20H30N4O2/c1-3-26-20(25)24-11-9-18(10-12-24)23-19(21-2)22-14-15-7-8-16-5-4-6-17(16)13-15/h7-8,13,18H,3-6,9-12,14H2,1-2H3,(H2,21,22,23). The summed E-state index contributed by atoms with van der Waals surface area (Å²) in [7, 11) is 1.80. The van der Waals surface area contributed by atoms with Crippen LogP contribution in [0.25, 0.3) is 0 Å². The second kappa shape index (κ2) is 8.92. The molecule has 0 radical (unpaired) electrons. The van der Waals surface area contributed by atoms with E-state index in [4.69, 9.17) is 4.74 Å². The first kappa shape index (κ1) is 18.5. The monoisotopic (exact) mass is 358 g/mol. The maximum Gasteiger partial charge on any atom is 0.409 e. The molecular weight excluding hydrogens is 328 g/mol. The smallest absolute Gasteiger partial charge is 0.409 e. The molecule has 1 heterocycles. The number of fused-ring (bicyclic) bond motifs is 1. The van der Waals surface area contributed by atoms with Crippen molar-refractivity contribution in [3.63, 3.8) is 0 Å². The molecule has 1 aliphatic carbocycles. The number of guanidine groups is 1. The van der Waals surface area contributed by atoms with Crippen LogP contribution in [0.2, 0.25) is 0 Å². The lowest BCUT2D eigenvalue weighted by Crippen LogP contribution is -2.49. The van der Waals surface area contributed by atoms with E-state index in [1.165, 1.54) is 36.0 Å². The molecule has 0 aromatic heterocycles. The number of hydrogen-bond acceptors (Lipinski definition) is 3. The number of hydrogen-bond donors (Lipinski definition) is 2. The average Bonchev–Trinajstić information content (AvgIpc) is 3.13. The van der Waals surface area contributed by atoms with Gasteiger partial charge in [-0.3, -0.25) is 4.99 Å². The Morgan fingerprint density at radius 2 is 2.04 bits per heavy atom. The first-order valence-corrected chi connectivity index (χ1v) is 9.69. The third kappa shape index (κ3) is 4.68. The zero-order valence-electron chi connectivity index (χ0n) is 15.9. The molecule has 26 heavy (non-hydrogen) atoms. The van der Waals surface area contributed by atoms with Crippen LogP contribution in [0.3, 0.4) is 0 Å². The summed E-state index contributed by atoms with van der Waals surface area (Å²) in [4.78, 5) is 17.9. The molecule has 1 fully saturated rings. The normalized spacial score (nSPS) is 17.8. The van der Waals surface area contributed by atoms with Crippen LogP contribution in [0, 0.1) is 0 Å². The molecule has 1 aromatic carbocycles. The number of aliphatic imine (C=N–C) groups is 1. The first-order chi connectivity index (χ1) is 12.7. The van der Waals surface area contributed by atoms with Crippen LogP contribution in [0.15, 0.2) is 23.2 Å². The molecule has 0 atom stereocenters. The van der Waals surface area contributed by atoms with Gasteiger partial charge in [-0.1, -0.05) is 18.2 Å². The zero-order valence-corrected chi connectivity index (χ0v) is 15.9. The lowest BCUT2D eigenvalue weighted by Gasteiger charge is -2.32. The van der Waals surface area contributed by atoms with Gasteiger partial charge < -0.3 is 20.3 Å². The summed E-state index contributed by atoms with van der Waals surface area (Å²) >= 11 is 0. The fraction of sp³-hybridized carbons (Fsp3) is 0.600. The van der Waals surface area contributed by atoms with Gasteiger partial charge in [0.1, 0.15) is 0 Å². The maximum absolute atomic E-state index is 11.8. The first-order valence-electron chi connectivity index (χ1n) is 9.69. The fourth-order valence-corrected chi connectivity index (χ4v) is 3.73. The highest BCUT2D eigenvalue weighted by molar-refractivity contribution is 5.80. The molecule has 0 saturated carbocycles. The Hall–Kier alpha value is -2.24. The van der Waals surface area contributed by atoms with Crippen LogP contribution < -0.4 is 10.6 Å². The second-order valence-corrected chi connectivity index (χ2v) is 6.99. The van der Waals surface area contributed by atoms with Gasteiger partial charge in [0.15, 0.2) is 5.96 Å². The van der Waals surface area contributed by atoms with Crippen molar-refractivity contribution in [1.29, 1.82) is 0 Å². The number of ether oxygens (including phenoxy) is 1. The highest BCUT2D eigenvalue weighted by Gasteiger charge is 2.24. The molecule has 0 spiro atoms. The van der Waals surface area contributed by atoms with Gasteiger partial charge in [-0.15, -0.1) is 0 Å².